The molecule has 1 aromatic heterocycles. The Morgan fingerprint density at radius 3 is 2.48 bits per heavy atom. The van der Waals surface area contributed by atoms with Crippen LogP contribution in [0, 0.1) is 13.8 Å². The Labute approximate surface area is 171 Å². The van der Waals surface area contributed by atoms with Crippen LogP contribution < -0.4 is 20.4 Å². The highest BCUT2D eigenvalue weighted by Gasteiger charge is 2.11. The molecule has 1 heterocycles. The summed E-state index contributed by atoms with van der Waals surface area (Å²) in [6.07, 6.45) is 0.907. The third-order valence-electron chi connectivity index (χ3n) is 5.13. The average Bonchev–Trinajstić information content (AvgIpc) is 2.70. The summed E-state index contributed by atoms with van der Waals surface area (Å²) in [4.78, 5) is 12.0. The Balaban J connectivity index is 1.67. The van der Waals surface area contributed by atoms with E-state index in [0.717, 1.165) is 53.1 Å². The van der Waals surface area contributed by atoms with Crippen LogP contribution in [0.1, 0.15) is 36.1 Å². The van der Waals surface area contributed by atoms with Gasteiger partial charge in [-0.1, -0.05) is 18.2 Å². The second-order valence-corrected chi connectivity index (χ2v) is 7.15. The summed E-state index contributed by atoms with van der Waals surface area (Å²) >= 11 is 0. The minimum Gasteiger partial charge on any atom is -0.490 e. The summed E-state index contributed by atoms with van der Waals surface area (Å²) in [7, 11) is 0. The zero-order chi connectivity index (χ0) is 20.8. The Hall–Kier alpha value is -2.79. The zero-order valence-electron chi connectivity index (χ0n) is 17.7. The normalized spacial score (nSPS) is 11.0. The van der Waals surface area contributed by atoms with Gasteiger partial charge >= 0.3 is 5.63 Å². The van der Waals surface area contributed by atoms with Crippen molar-refractivity contribution in [3.8, 4) is 11.5 Å². The fourth-order valence-electron chi connectivity index (χ4n) is 3.47. The van der Waals surface area contributed by atoms with Gasteiger partial charge in [-0.05, 0) is 56.5 Å². The largest absolute Gasteiger partial charge is 0.490 e. The molecule has 154 valence electrons. The first-order valence-corrected chi connectivity index (χ1v) is 10.3. The molecule has 2 aromatic carbocycles. The Morgan fingerprint density at radius 1 is 0.966 bits per heavy atom. The molecule has 0 saturated carbocycles. The second kappa shape index (κ2) is 9.61. The number of aryl methyl sites for hydroxylation is 2. The van der Waals surface area contributed by atoms with Crippen molar-refractivity contribution in [2.24, 2.45) is 0 Å². The van der Waals surface area contributed by atoms with Crippen LogP contribution in [0.4, 0.5) is 0 Å². The lowest BCUT2D eigenvalue weighted by molar-refractivity contribution is -0.670. The molecule has 0 saturated heterocycles. The van der Waals surface area contributed by atoms with Gasteiger partial charge in [-0.3, -0.25) is 0 Å². The van der Waals surface area contributed by atoms with Gasteiger partial charge in [0.05, 0.1) is 19.8 Å². The molecule has 29 heavy (non-hydrogen) atoms. The van der Waals surface area contributed by atoms with Crippen molar-refractivity contribution in [3.63, 3.8) is 0 Å². The van der Waals surface area contributed by atoms with E-state index < -0.39 is 0 Å². The minimum atomic E-state index is -0.289. The van der Waals surface area contributed by atoms with E-state index in [1.165, 1.54) is 5.56 Å². The molecule has 5 nitrogen and oxygen atoms in total. The molecule has 0 bridgehead atoms. The fraction of sp³-hybridized carbons (Fsp3) is 0.375. The standard InChI is InChI=1S/C24H29NO4/c1-5-27-21-10-8-18(13-22(21)28-6-2)11-12-25-15-19-14-23(26)29-24-17(4)16(3)7-9-20(19)24/h7-10,13-14,25H,5-6,11-12,15H2,1-4H3/p+1. The van der Waals surface area contributed by atoms with Crippen molar-refractivity contribution in [2.75, 3.05) is 19.8 Å². The van der Waals surface area contributed by atoms with Gasteiger partial charge in [-0.2, -0.15) is 0 Å². The molecule has 3 rings (SSSR count). The maximum absolute atomic E-state index is 12.0. The number of rotatable bonds is 9. The maximum atomic E-state index is 12.0. The van der Waals surface area contributed by atoms with Crippen molar-refractivity contribution in [1.29, 1.82) is 0 Å². The van der Waals surface area contributed by atoms with Gasteiger partial charge in [0.2, 0.25) is 0 Å². The highest BCUT2D eigenvalue weighted by molar-refractivity contribution is 5.83. The van der Waals surface area contributed by atoms with Gasteiger partial charge in [0, 0.05) is 23.4 Å². The topological polar surface area (TPSA) is 65.3 Å². The molecular weight excluding hydrogens is 366 g/mol. The Kier molecular flexibility index (Phi) is 6.94. The van der Waals surface area contributed by atoms with Crippen molar-refractivity contribution in [1.82, 2.24) is 0 Å². The maximum Gasteiger partial charge on any atom is 0.336 e. The lowest BCUT2D eigenvalue weighted by Crippen LogP contribution is -2.83. The summed E-state index contributed by atoms with van der Waals surface area (Å²) in [5.41, 5.74) is 4.79. The van der Waals surface area contributed by atoms with Crippen LogP contribution in [0.15, 0.2) is 45.6 Å². The number of benzene rings is 2. The summed E-state index contributed by atoms with van der Waals surface area (Å²) < 4.78 is 16.8. The first kappa shape index (κ1) is 20.9. The average molecular weight is 397 g/mol. The highest BCUT2D eigenvalue weighted by Crippen LogP contribution is 2.28. The highest BCUT2D eigenvalue weighted by atomic mass is 16.5. The van der Waals surface area contributed by atoms with Gasteiger partial charge in [0.1, 0.15) is 12.1 Å². The van der Waals surface area contributed by atoms with E-state index in [2.05, 4.69) is 23.5 Å². The SMILES string of the molecule is CCOc1ccc(CC[NH2+]Cc2cc(=O)oc3c(C)c(C)ccc23)cc1OCC. The molecule has 0 spiro atoms. The van der Waals surface area contributed by atoms with E-state index in [-0.39, 0.29) is 5.63 Å². The molecule has 0 amide bonds. The van der Waals surface area contributed by atoms with Gasteiger partial charge in [-0.25, -0.2) is 4.79 Å². The minimum absolute atomic E-state index is 0.289. The lowest BCUT2D eigenvalue weighted by Gasteiger charge is -2.12. The smallest absolute Gasteiger partial charge is 0.336 e. The molecule has 0 fully saturated rings. The van der Waals surface area contributed by atoms with Crippen LogP contribution in [0.5, 0.6) is 11.5 Å². The third kappa shape index (κ3) is 4.98. The molecule has 5 heteroatoms. The van der Waals surface area contributed by atoms with Crippen LogP contribution in [-0.2, 0) is 13.0 Å². The molecule has 0 aliphatic carbocycles. The molecule has 3 aromatic rings. The molecule has 0 aliphatic rings. The van der Waals surface area contributed by atoms with Crippen molar-refractivity contribution >= 4 is 11.0 Å². The first-order chi connectivity index (χ1) is 14.0. The zero-order valence-corrected chi connectivity index (χ0v) is 17.7. The van der Waals surface area contributed by atoms with Crippen LogP contribution in [0.2, 0.25) is 0 Å². The summed E-state index contributed by atoms with van der Waals surface area (Å²) in [6, 6.07) is 11.9. The summed E-state index contributed by atoms with van der Waals surface area (Å²) in [5.74, 6) is 1.58. The van der Waals surface area contributed by atoms with Crippen molar-refractivity contribution in [2.45, 2.75) is 40.7 Å². The van der Waals surface area contributed by atoms with Crippen LogP contribution >= 0.6 is 0 Å². The number of hydrogen-bond acceptors (Lipinski definition) is 4. The van der Waals surface area contributed by atoms with Gasteiger partial charge in [0.25, 0.3) is 0 Å². The van der Waals surface area contributed by atoms with E-state index in [1.54, 1.807) is 6.07 Å². The predicted molar refractivity (Wildman–Crippen MR) is 115 cm³/mol. The van der Waals surface area contributed by atoms with Crippen LogP contribution in [0.25, 0.3) is 11.0 Å². The Bertz CT molecular complexity index is 1040. The molecular formula is C24H30NO4+. The molecule has 0 radical (unpaired) electrons. The number of nitrogens with two attached hydrogens (primary N) is 1. The molecule has 0 atom stereocenters. The van der Waals surface area contributed by atoms with E-state index >= 15 is 0 Å². The van der Waals surface area contributed by atoms with E-state index in [9.17, 15) is 4.79 Å². The van der Waals surface area contributed by atoms with E-state index in [0.29, 0.717) is 18.8 Å². The van der Waals surface area contributed by atoms with Crippen molar-refractivity contribution in [3.05, 3.63) is 69.1 Å². The second-order valence-electron chi connectivity index (χ2n) is 7.15. The van der Waals surface area contributed by atoms with Crippen LogP contribution in [0.3, 0.4) is 0 Å². The van der Waals surface area contributed by atoms with Gasteiger partial charge in [0.15, 0.2) is 11.5 Å². The number of fused-ring (bicyclic) bond motifs is 1. The van der Waals surface area contributed by atoms with E-state index in [4.69, 9.17) is 13.9 Å². The third-order valence-corrected chi connectivity index (χ3v) is 5.13. The summed E-state index contributed by atoms with van der Waals surface area (Å²) in [6.45, 7) is 10.8. The quantitative estimate of drug-likeness (QED) is 0.444. The van der Waals surface area contributed by atoms with Crippen LogP contribution in [-0.4, -0.2) is 19.8 Å². The first-order valence-electron chi connectivity index (χ1n) is 10.3. The lowest BCUT2D eigenvalue weighted by atomic mass is 10.0. The monoisotopic (exact) mass is 396 g/mol. The Morgan fingerprint density at radius 2 is 1.72 bits per heavy atom. The number of hydrogen-bond donors (Lipinski definition) is 1. The molecule has 0 aliphatic heterocycles. The van der Waals surface area contributed by atoms with Gasteiger partial charge in [-0.15, -0.1) is 0 Å². The number of quaternary nitrogens is 1. The van der Waals surface area contributed by atoms with E-state index in [1.807, 2.05) is 39.8 Å². The predicted octanol–water partition coefficient (Wildman–Crippen LogP) is 3.51. The number of ether oxygens (including phenoxy) is 2. The fourth-order valence-corrected chi connectivity index (χ4v) is 3.47. The molecule has 0 unspecified atom stereocenters. The van der Waals surface area contributed by atoms with Crippen molar-refractivity contribution < 1.29 is 19.2 Å². The summed E-state index contributed by atoms with van der Waals surface area (Å²) in [5, 5.41) is 3.24. The van der Waals surface area contributed by atoms with Gasteiger partial charge < -0.3 is 19.2 Å². The molecule has 2 N–H and O–H groups in total.